The topological polar surface area (TPSA) is 145 Å². The highest BCUT2D eigenvalue weighted by atomic mass is 32.2. The van der Waals surface area contributed by atoms with Crippen LogP contribution in [0, 0.1) is 5.92 Å². The number of nitrogens with zero attached hydrogens (tertiary/aromatic N) is 6. The zero-order valence-electron chi connectivity index (χ0n) is 19.8. The molecule has 15 heteroatoms. The van der Waals surface area contributed by atoms with Crippen molar-refractivity contribution in [2.75, 3.05) is 53.7 Å². The predicted molar refractivity (Wildman–Crippen MR) is 126 cm³/mol. The SMILES string of the molecule is CC(C)[C@H](CO)Nc1nc(N2CCN(c3ccncn3)CC2)nc2c1S(=O)CC2.O=C(O)C(F)(F)F. The van der Waals surface area contributed by atoms with Gasteiger partial charge in [-0.2, -0.15) is 18.2 Å². The molecule has 2 atom stereocenters. The van der Waals surface area contributed by atoms with Crippen molar-refractivity contribution in [2.24, 2.45) is 5.92 Å². The lowest BCUT2D eigenvalue weighted by atomic mass is 10.1. The number of aliphatic hydroxyl groups is 1. The van der Waals surface area contributed by atoms with E-state index >= 15 is 0 Å². The predicted octanol–water partition coefficient (Wildman–Crippen LogP) is 1.32. The van der Waals surface area contributed by atoms with Gasteiger partial charge in [-0.05, 0) is 12.0 Å². The smallest absolute Gasteiger partial charge is 0.475 e. The molecule has 0 aromatic carbocycles. The first-order valence-corrected chi connectivity index (χ1v) is 12.6. The number of halogens is 3. The van der Waals surface area contributed by atoms with Crippen molar-refractivity contribution in [3.05, 3.63) is 24.3 Å². The maximum absolute atomic E-state index is 12.5. The summed E-state index contributed by atoms with van der Waals surface area (Å²) >= 11 is 0. The van der Waals surface area contributed by atoms with Crippen LogP contribution in [0.15, 0.2) is 23.5 Å². The van der Waals surface area contributed by atoms with E-state index in [-0.39, 0.29) is 18.6 Å². The van der Waals surface area contributed by atoms with Crippen molar-refractivity contribution < 1.29 is 32.4 Å². The standard InChI is InChI=1S/C19H27N7O2S.C2HF3O2/c1-13(2)15(11-27)22-18-17-14(4-10-29(17)28)23-19(24-18)26-8-6-25(7-9-26)16-3-5-20-12-21-16;3-2(4,5)1(6)7/h3,5,12-13,15,27H,4,6-11H2,1-2H3,(H,22,23,24);(H,6,7)/t15-,29?;/m0./s1. The first-order valence-electron chi connectivity index (χ1n) is 11.2. The van der Waals surface area contributed by atoms with E-state index in [2.05, 4.69) is 25.1 Å². The molecule has 1 saturated heterocycles. The molecule has 11 nitrogen and oxygen atoms in total. The van der Waals surface area contributed by atoms with Crippen LogP contribution >= 0.6 is 0 Å². The van der Waals surface area contributed by atoms with Gasteiger partial charge in [-0.25, -0.2) is 19.7 Å². The van der Waals surface area contributed by atoms with Gasteiger partial charge in [0.25, 0.3) is 0 Å². The van der Waals surface area contributed by atoms with E-state index in [4.69, 9.17) is 19.9 Å². The molecule has 3 N–H and O–H groups in total. The Morgan fingerprint density at radius 2 is 1.83 bits per heavy atom. The highest BCUT2D eigenvalue weighted by Crippen LogP contribution is 2.31. The van der Waals surface area contributed by atoms with Crippen molar-refractivity contribution in [2.45, 2.75) is 37.4 Å². The molecule has 198 valence electrons. The lowest BCUT2D eigenvalue weighted by Gasteiger charge is -2.35. The molecule has 1 fully saturated rings. The lowest BCUT2D eigenvalue weighted by Crippen LogP contribution is -2.47. The fourth-order valence-corrected chi connectivity index (χ4v) is 4.94. The summed E-state index contributed by atoms with van der Waals surface area (Å²) < 4.78 is 44.2. The Morgan fingerprint density at radius 3 is 2.36 bits per heavy atom. The average Bonchev–Trinajstić information content (AvgIpc) is 3.23. The van der Waals surface area contributed by atoms with E-state index in [9.17, 15) is 22.5 Å². The zero-order chi connectivity index (χ0) is 26.5. The monoisotopic (exact) mass is 531 g/mol. The lowest BCUT2D eigenvalue weighted by molar-refractivity contribution is -0.192. The summed E-state index contributed by atoms with van der Waals surface area (Å²) in [6, 6.07) is 1.77. The molecule has 4 heterocycles. The van der Waals surface area contributed by atoms with Crippen molar-refractivity contribution in [1.29, 1.82) is 0 Å². The summed E-state index contributed by atoms with van der Waals surface area (Å²) in [6.45, 7) is 7.27. The van der Waals surface area contributed by atoms with E-state index < -0.39 is 22.9 Å². The minimum Gasteiger partial charge on any atom is -0.475 e. The summed E-state index contributed by atoms with van der Waals surface area (Å²) in [5.41, 5.74) is 0.856. The number of carboxylic acid groups (broad SMARTS) is 1. The Labute approximate surface area is 208 Å². The van der Waals surface area contributed by atoms with Gasteiger partial charge in [-0.15, -0.1) is 0 Å². The first kappa shape index (κ1) is 27.5. The number of rotatable bonds is 6. The molecule has 4 rings (SSSR count). The minimum absolute atomic E-state index is 0.00395. The van der Waals surface area contributed by atoms with Crippen LogP contribution in [0.1, 0.15) is 19.5 Å². The number of aliphatic carboxylic acids is 1. The molecule has 0 spiro atoms. The van der Waals surface area contributed by atoms with Gasteiger partial charge >= 0.3 is 12.1 Å². The number of aromatic nitrogens is 4. The molecule has 2 aromatic rings. The minimum atomic E-state index is -5.08. The highest BCUT2D eigenvalue weighted by Gasteiger charge is 2.38. The van der Waals surface area contributed by atoms with Crippen LogP contribution in [0.3, 0.4) is 0 Å². The normalized spacial score (nSPS) is 18.4. The molecule has 2 aliphatic heterocycles. The van der Waals surface area contributed by atoms with Gasteiger partial charge in [0.1, 0.15) is 22.9 Å². The second kappa shape index (κ2) is 11.8. The molecule has 1 unspecified atom stereocenters. The quantitative estimate of drug-likeness (QED) is 0.496. The molecule has 0 aliphatic carbocycles. The number of hydrogen-bond donors (Lipinski definition) is 3. The number of piperazine rings is 1. The Morgan fingerprint density at radius 1 is 1.19 bits per heavy atom. The number of aliphatic hydroxyl groups excluding tert-OH is 1. The highest BCUT2D eigenvalue weighted by molar-refractivity contribution is 7.85. The number of nitrogens with one attached hydrogen (secondary N) is 1. The largest absolute Gasteiger partial charge is 0.490 e. The van der Waals surface area contributed by atoms with Crippen LogP contribution in [0.5, 0.6) is 0 Å². The van der Waals surface area contributed by atoms with Gasteiger partial charge in [-0.3, -0.25) is 4.21 Å². The summed E-state index contributed by atoms with van der Waals surface area (Å²) in [6.07, 6.45) is -1.07. The van der Waals surface area contributed by atoms with Crippen LogP contribution in [0.2, 0.25) is 0 Å². The molecule has 36 heavy (non-hydrogen) atoms. The van der Waals surface area contributed by atoms with E-state index in [0.29, 0.717) is 28.8 Å². The van der Waals surface area contributed by atoms with Crippen LogP contribution < -0.4 is 15.1 Å². The van der Waals surface area contributed by atoms with Gasteiger partial charge in [-0.1, -0.05) is 13.8 Å². The van der Waals surface area contributed by atoms with E-state index in [1.165, 1.54) is 0 Å². The zero-order valence-corrected chi connectivity index (χ0v) is 20.6. The summed E-state index contributed by atoms with van der Waals surface area (Å²) in [7, 11) is -1.09. The maximum Gasteiger partial charge on any atom is 0.490 e. The third-order valence-electron chi connectivity index (χ3n) is 5.69. The Hall–Kier alpha value is -3.07. The number of fused-ring (bicyclic) bond motifs is 1. The van der Waals surface area contributed by atoms with E-state index in [1.54, 1.807) is 12.5 Å². The Bertz CT molecular complexity index is 1070. The van der Waals surface area contributed by atoms with E-state index in [0.717, 1.165) is 37.7 Å². The van der Waals surface area contributed by atoms with Crippen molar-refractivity contribution >= 4 is 34.4 Å². The first-order chi connectivity index (χ1) is 17.0. The second-order valence-corrected chi connectivity index (χ2v) is 9.98. The number of alkyl halides is 3. The number of hydrogen-bond acceptors (Lipinski definition) is 10. The number of aryl methyl sites for hydroxylation is 1. The Kier molecular flexibility index (Phi) is 9.00. The van der Waals surface area contributed by atoms with Gasteiger partial charge in [0.15, 0.2) is 0 Å². The number of carboxylic acids is 1. The molecule has 2 aromatic heterocycles. The van der Waals surface area contributed by atoms with Gasteiger partial charge in [0.2, 0.25) is 5.95 Å². The molecule has 0 amide bonds. The summed E-state index contributed by atoms with van der Waals surface area (Å²) in [5.74, 6) is 0.234. The molecular formula is C21H28F3N7O4S. The molecular weight excluding hydrogens is 503 g/mol. The molecule has 0 bridgehead atoms. The van der Waals surface area contributed by atoms with Gasteiger partial charge in [0, 0.05) is 44.5 Å². The fourth-order valence-electron chi connectivity index (χ4n) is 3.63. The third-order valence-corrected chi connectivity index (χ3v) is 7.15. The summed E-state index contributed by atoms with van der Waals surface area (Å²) in [5, 5.41) is 20.2. The van der Waals surface area contributed by atoms with Crippen LogP contribution in [-0.2, 0) is 22.0 Å². The number of anilines is 3. The van der Waals surface area contributed by atoms with Gasteiger partial charge < -0.3 is 25.3 Å². The van der Waals surface area contributed by atoms with Crippen molar-refractivity contribution in [3.8, 4) is 0 Å². The van der Waals surface area contributed by atoms with Crippen molar-refractivity contribution in [1.82, 2.24) is 19.9 Å². The van der Waals surface area contributed by atoms with Crippen LogP contribution in [-0.4, -0.2) is 91.1 Å². The molecule has 0 radical (unpaired) electrons. The average molecular weight is 532 g/mol. The van der Waals surface area contributed by atoms with Crippen molar-refractivity contribution in [3.63, 3.8) is 0 Å². The maximum atomic E-state index is 12.5. The van der Waals surface area contributed by atoms with Crippen LogP contribution in [0.4, 0.5) is 30.8 Å². The second-order valence-electron chi connectivity index (χ2n) is 8.47. The molecule has 0 saturated carbocycles. The number of carbonyl (C=O) groups is 1. The van der Waals surface area contributed by atoms with E-state index in [1.807, 2.05) is 19.9 Å². The van der Waals surface area contributed by atoms with Gasteiger partial charge in [0.05, 0.1) is 29.1 Å². The van der Waals surface area contributed by atoms with Crippen LogP contribution in [0.25, 0.3) is 0 Å². The molecule has 2 aliphatic rings. The fraction of sp³-hybridized carbons (Fsp3) is 0.571. The third kappa shape index (κ3) is 6.78. The summed E-state index contributed by atoms with van der Waals surface area (Å²) in [4.78, 5) is 31.8. The Balaban J connectivity index is 0.000000454.